The lowest BCUT2D eigenvalue weighted by molar-refractivity contribution is 0.261. The van der Waals surface area contributed by atoms with Gasteiger partial charge in [-0.1, -0.05) is 13.3 Å². The van der Waals surface area contributed by atoms with Gasteiger partial charge < -0.3 is 5.73 Å². The Morgan fingerprint density at radius 2 is 2.32 bits per heavy atom. The second kappa shape index (κ2) is 5.98. The first-order valence-corrected chi connectivity index (χ1v) is 8.17. The third kappa shape index (κ3) is 2.96. The van der Waals surface area contributed by atoms with E-state index in [1.807, 2.05) is 0 Å². The van der Waals surface area contributed by atoms with Crippen LogP contribution < -0.4 is 5.73 Å². The number of piperidine rings is 1. The van der Waals surface area contributed by atoms with E-state index < -0.39 is 10.0 Å². The van der Waals surface area contributed by atoms with E-state index in [0.717, 1.165) is 19.3 Å². The van der Waals surface area contributed by atoms with Crippen molar-refractivity contribution in [3.63, 3.8) is 0 Å². The molecule has 2 rings (SSSR count). The lowest BCUT2D eigenvalue weighted by Crippen LogP contribution is -2.40. The number of rotatable bonds is 4. The number of hydrogen-bond donors (Lipinski definition) is 1. The number of pyridine rings is 1. The van der Waals surface area contributed by atoms with Gasteiger partial charge in [0.15, 0.2) is 0 Å². The highest BCUT2D eigenvalue weighted by Crippen LogP contribution is 2.26. The largest absolute Gasteiger partial charge is 0.325 e. The molecule has 0 amide bonds. The van der Waals surface area contributed by atoms with Gasteiger partial charge in [-0.15, -0.1) is 0 Å². The minimum Gasteiger partial charge on any atom is -0.325 e. The molecule has 1 aliphatic heterocycles. The topological polar surface area (TPSA) is 76.3 Å². The molecule has 1 aromatic heterocycles. The van der Waals surface area contributed by atoms with Crippen molar-refractivity contribution in [1.29, 1.82) is 0 Å². The highest BCUT2D eigenvalue weighted by atomic mass is 32.2. The van der Waals surface area contributed by atoms with Crippen LogP contribution in [0.1, 0.15) is 31.9 Å². The molecule has 5 nitrogen and oxygen atoms in total. The molecule has 2 N–H and O–H groups in total. The Morgan fingerprint density at radius 3 is 3.00 bits per heavy atom. The SMILES string of the molecule is CCC1CCCN(S(=O)(=O)c2cccnc2CN)C1. The van der Waals surface area contributed by atoms with Crippen LogP contribution in [0.25, 0.3) is 0 Å². The Bertz CT molecular complexity index is 530. The maximum absolute atomic E-state index is 12.7. The van der Waals surface area contributed by atoms with Gasteiger partial charge in [-0.3, -0.25) is 4.98 Å². The van der Waals surface area contributed by atoms with Crippen LogP contribution >= 0.6 is 0 Å². The minimum absolute atomic E-state index is 0.139. The molecule has 19 heavy (non-hydrogen) atoms. The average molecular weight is 283 g/mol. The molecule has 0 bridgehead atoms. The summed E-state index contributed by atoms with van der Waals surface area (Å²) in [5, 5.41) is 0. The third-order valence-electron chi connectivity index (χ3n) is 3.72. The van der Waals surface area contributed by atoms with Gasteiger partial charge in [0.2, 0.25) is 10.0 Å². The van der Waals surface area contributed by atoms with Crippen LogP contribution in [0.3, 0.4) is 0 Å². The smallest absolute Gasteiger partial charge is 0.244 e. The van der Waals surface area contributed by atoms with Crippen molar-refractivity contribution in [2.24, 2.45) is 11.7 Å². The molecule has 1 aromatic rings. The number of sulfonamides is 1. The van der Waals surface area contributed by atoms with E-state index in [4.69, 9.17) is 5.73 Å². The maximum atomic E-state index is 12.7. The molecule has 0 saturated carbocycles. The first-order valence-electron chi connectivity index (χ1n) is 6.73. The van der Waals surface area contributed by atoms with E-state index in [-0.39, 0.29) is 11.4 Å². The van der Waals surface area contributed by atoms with Gasteiger partial charge in [0.1, 0.15) is 4.90 Å². The Morgan fingerprint density at radius 1 is 1.53 bits per heavy atom. The Kier molecular flexibility index (Phi) is 4.54. The zero-order valence-corrected chi connectivity index (χ0v) is 12.1. The number of hydrogen-bond acceptors (Lipinski definition) is 4. The van der Waals surface area contributed by atoms with E-state index in [2.05, 4.69) is 11.9 Å². The predicted molar refractivity (Wildman–Crippen MR) is 73.9 cm³/mol. The fraction of sp³-hybridized carbons (Fsp3) is 0.615. The molecule has 1 fully saturated rings. The zero-order valence-electron chi connectivity index (χ0n) is 11.2. The van der Waals surface area contributed by atoms with Gasteiger partial charge in [-0.05, 0) is 30.9 Å². The van der Waals surface area contributed by atoms with Crippen LogP contribution in [0, 0.1) is 5.92 Å². The summed E-state index contributed by atoms with van der Waals surface area (Å²) in [6.07, 6.45) is 4.63. The molecular weight excluding hydrogens is 262 g/mol. The molecule has 0 radical (unpaired) electrons. The molecule has 0 aromatic carbocycles. The van der Waals surface area contributed by atoms with Crippen LogP contribution in [0.4, 0.5) is 0 Å². The minimum atomic E-state index is -3.46. The predicted octanol–water partition coefficient (Wildman–Crippen LogP) is 1.35. The van der Waals surface area contributed by atoms with Crippen molar-refractivity contribution in [3.8, 4) is 0 Å². The summed E-state index contributed by atoms with van der Waals surface area (Å²) in [5.74, 6) is 0.460. The van der Waals surface area contributed by atoms with Crippen molar-refractivity contribution in [2.45, 2.75) is 37.6 Å². The first kappa shape index (κ1) is 14.4. The van der Waals surface area contributed by atoms with Gasteiger partial charge in [-0.25, -0.2) is 8.42 Å². The Balaban J connectivity index is 2.31. The summed E-state index contributed by atoms with van der Waals surface area (Å²) >= 11 is 0. The quantitative estimate of drug-likeness (QED) is 0.905. The van der Waals surface area contributed by atoms with Crippen molar-refractivity contribution in [2.75, 3.05) is 13.1 Å². The fourth-order valence-electron chi connectivity index (χ4n) is 2.53. The summed E-state index contributed by atoms with van der Waals surface area (Å²) in [6, 6.07) is 3.24. The summed E-state index contributed by atoms with van der Waals surface area (Å²) < 4.78 is 26.9. The summed E-state index contributed by atoms with van der Waals surface area (Å²) in [6.45, 7) is 3.45. The van der Waals surface area contributed by atoms with E-state index in [1.165, 1.54) is 0 Å². The molecule has 2 heterocycles. The highest BCUT2D eigenvalue weighted by Gasteiger charge is 2.31. The molecule has 0 spiro atoms. The van der Waals surface area contributed by atoms with Gasteiger partial charge in [0, 0.05) is 25.8 Å². The van der Waals surface area contributed by atoms with Crippen molar-refractivity contribution < 1.29 is 8.42 Å². The van der Waals surface area contributed by atoms with Crippen LogP contribution in [0.5, 0.6) is 0 Å². The molecule has 0 aliphatic carbocycles. The van der Waals surface area contributed by atoms with E-state index in [9.17, 15) is 8.42 Å². The Hall–Kier alpha value is -0.980. The Labute approximate surface area is 114 Å². The van der Waals surface area contributed by atoms with E-state index in [1.54, 1.807) is 22.6 Å². The van der Waals surface area contributed by atoms with Crippen LogP contribution in [-0.4, -0.2) is 30.8 Å². The second-order valence-electron chi connectivity index (χ2n) is 4.93. The third-order valence-corrected chi connectivity index (χ3v) is 5.66. The van der Waals surface area contributed by atoms with Crippen molar-refractivity contribution in [3.05, 3.63) is 24.0 Å². The molecule has 1 saturated heterocycles. The summed E-state index contributed by atoms with van der Waals surface area (Å²) in [5.41, 5.74) is 6.03. The van der Waals surface area contributed by atoms with Crippen LogP contribution in [-0.2, 0) is 16.6 Å². The first-order chi connectivity index (χ1) is 9.09. The number of nitrogens with zero attached hydrogens (tertiary/aromatic N) is 2. The number of nitrogens with two attached hydrogens (primary N) is 1. The lowest BCUT2D eigenvalue weighted by Gasteiger charge is -2.31. The summed E-state index contributed by atoms with van der Waals surface area (Å²) in [7, 11) is -3.46. The van der Waals surface area contributed by atoms with E-state index in [0.29, 0.717) is 24.7 Å². The van der Waals surface area contributed by atoms with Gasteiger partial charge in [0.25, 0.3) is 0 Å². The zero-order chi connectivity index (χ0) is 13.9. The van der Waals surface area contributed by atoms with Gasteiger partial charge in [-0.2, -0.15) is 4.31 Å². The lowest BCUT2D eigenvalue weighted by atomic mass is 9.97. The second-order valence-corrected chi connectivity index (χ2v) is 6.84. The fourth-order valence-corrected chi connectivity index (χ4v) is 4.27. The van der Waals surface area contributed by atoms with Gasteiger partial charge >= 0.3 is 0 Å². The van der Waals surface area contributed by atoms with Crippen LogP contribution in [0.2, 0.25) is 0 Å². The average Bonchev–Trinajstić information content (AvgIpc) is 2.47. The van der Waals surface area contributed by atoms with Crippen LogP contribution in [0.15, 0.2) is 23.2 Å². The molecule has 6 heteroatoms. The summed E-state index contributed by atoms with van der Waals surface area (Å²) in [4.78, 5) is 4.33. The van der Waals surface area contributed by atoms with Crippen molar-refractivity contribution in [1.82, 2.24) is 9.29 Å². The molecule has 1 unspecified atom stereocenters. The molecular formula is C13H21N3O2S. The molecule has 1 aliphatic rings. The normalized spacial score (nSPS) is 21.5. The van der Waals surface area contributed by atoms with Crippen molar-refractivity contribution >= 4 is 10.0 Å². The number of aromatic nitrogens is 1. The monoisotopic (exact) mass is 283 g/mol. The highest BCUT2D eigenvalue weighted by molar-refractivity contribution is 7.89. The standard InChI is InChI=1S/C13H21N3O2S/c1-2-11-5-4-8-16(10-11)19(17,18)13-6-3-7-15-12(13)9-14/h3,6-7,11H,2,4-5,8-10,14H2,1H3. The molecule has 106 valence electrons. The maximum Gasteiger partial charge on any atom is 0.244 e. The molecule has 1 atom stereocenters. The van der Waals surface area contributed by atoms with Gasteiger partial charge in [0.05, 0.1) is 5.69 Å². The van der Waals surface area contributed by atoms with E-state index >= 15 is 0 Å².